The highest BCUT2D eigenvalue weighted by Crippen LogP contribution is 2.33. The van der Waals surface area contributed by atoms with E-state index in [1.165, 1.54) is 154 Å². The SMILES string of the molecule is CCCCCCCC/C=C/CC/C=C/C(O)C(COC1OC(CO)C(OC2OC(CO)C(OC3OC(CO)C(O)C(O)C3O)C(O)C2O)C(O)C1O)NC(=O)CCCCCCCCCCCCCCCCCCCCCCCCC. The number of carbonyl (C=O) groups excluding carboxylic acids is 1. The molecule has 80 heavy (non-hydrogen) atoms. The van der Waals surface area contributed by atoms with Gasteiger partial charge in [-0.15, -0.1) is 0 Å². The van der Waals surface area contributed by atoms with Gasteiger partial charge in [-0.3, -0.25) is 4.79 Å². The predicted octanol–water partition coefficient (Wildman–Crippen LogP) is 6.32. The van der Waals surface area contributed by atoms with Crippen LogP contribution in [0.4, 0.5) is 0 Å². The van der Waals surface area contributed by atoms with Crippen LogP contribution < -0.4 is 5.32 Å². The van der Waals surface area contributed by atoms with Crippen molar-refractivity contribution in [2.24, 2.45) is 0 Å². The summed E-state index contributed by atoms with van der Waals surface area (Å²) in [4.78, 5) is 13.3. The van der Waals surface area contributed by atoms with E-state index in [0.717, 1.165) is 38.5 Å². The number of carbonyl (C=O) groups is 1. The molecule has 3 saturated heterocycles. The van der Waals surface area contributed by atoms with E-state index in [1.54, 1.807) is 6.08 Å². The Labute approximate surface area is 479 Å². The van der Waals surface area contributed by atoms with Crippen LogP contribution in [0.3, 0.4) is 0 Å². The molecule has 12 N–H and O–H groups in total. The molecule has 17 atom stereocenters. The van der Waals surface area contributed by atoms with E-state index in [4.69, 9.17) is 28.4 Å². The number of hydrogen-bond acceptors (Lipinski definition) is 18. The lowest BCUT2D eigenvalue weighted by Crippen LogP contribution is -2.66. The Morgan fingerprint density at radius 3 is 1.25 bits per heavy atom. The third-order valence-corrected chi connectivity index (χ3v) is 16.0. The van der Waals surface area contributed by atoms with Gasteiger partial charge in [0, 0.05) is 6.42 Å². The lowest BCUT2D eigenvalue weighted by Gasteiger charge is -2.48. The fourth-order valence-electron chi connectivity index (χ4n) is 10.8. The normalized spacial score (nSPS) is 30.1. The maximum absolute atomic E-state index is 13.3. The number of aliphatic hydroxyl groups excluding tert-OH is 11. The summed E-state index contributed by atoms with van der Waals surface area (Å²) in [5.41, 5.74) is 0. The molecule has 3 rings (SSSR count). The third kappa shape index (κ3) is 28.0. The first-order valence-corrected chi connectivity index (χ1v) is 31.6. The average molecular weight is 1150 g/mol. The van der Waals surface area contributed by atoms with Crippen LogP contribution in [0.25, 0.3) is 0 Å². The van der Waals surface area contributed by atoms with Crippen molar-refractivity contribution in [1.82, 2.24) is 5.32 Å². The van der Waals surface area contributed by atoms with E-state index in [2.05, 4.69) is 31.3 Å². The molecule has 3 fully saturated rings. The van der Waals surface area contributed by atoms with Crippen LogP contribution in [0.5, 0.6) is 0 Å². The van der Waals surface area contributed by atoms with Crippen LogP contribution in [0.1, 0.15) is 226 Å². The van der Waals surface area contributed by atoms with E-state index in [0.29, 0.717) is 12.8 Å². The Balaban J connectivity index is 1.45. The summed E-state index contributed by atoms with van der Waals surface area (Å²) in [6, 6.07) is -0.984. The van der Waals surface area contributed by atoms with Gasteiger partial charge in [-0.2, -0.15) is 0 Å². The van der Waals surface area contributed by atoms with E-state index in [1.807, 2.05) is 6.08 Å². The Morgan fingerprint density at radius 1 is 0.438 bits per heavy atom. The zero-order valence-electron chi connectivity index (χ0n) is 49.1. The van der Waals surface area contributed by atoms with Crippen LogP contribution in [0.2, 0.25) is 0 Å². The summed E-state index contributed by atoms with van der Waals surface area (Å²) in [5.74, 6) is -0.283. The molecule has 3 aliphatic rings. The first-order chi connectivity index (χ1) is 38.8. The summed E-state index contributed by atoms with van der Waals surface area (Å²) in [6.45, 7) is 1.70. The van der Waals surface area contributed by atoms with Gasteiger partial charge in [0.15, 0.2) is 18.9 Å². The largest absolute Gasteiger partial charge is 0.394 e. The summed E-state index contributed by atoms with van der Waals surface area (Å²) in [5, 5.41) is 120. The second-order valence-electron chi connectivity index (χ2n) is 22.9. The van der Waals surface area contributed by atoms with Crippen LogP contribution in [-0.2, 0) is 33.2 Å². The van der Waals surface area contributed by atoms with Crippen molar-refractivity contribution >= 4 is 5.91 Å². The number of aliphatic hydroxyl groups is 11. The molecule has 19 nitrogen and oxygen atoms in total. The molecule has 0 aromatic heterocycles. The van der Waals surface area contributed by atoms with Gasteiger partial charge >= 0.3 is 0 Å². The second kappa shape index (κ2) is 44.7. The van der Waals surface area contributed by atoms with Crippen molar-refractivity contribution in [3.8, 4) is 0 Å². The molecule has 0 saturated carbocycles. The smallest absolute Gasteiger partial charge is 0.220 e. The predicted molar refractivity (Wildman–Crippen MR) is 305 cm³/mol. The summed E-state index contributed by atoms with van der Waals surface area (Å²) in [7, 11) is 0. The van der Waals surface area contributed by atoms with Crippen molar-refractivity contribution in [2.75, 3.05) is 26.4 Å². The summed E-state index contributed by atoms with van der Waals surface area (Å²) >= 11 is 0. The Bertz CT molecular complexity index is 1560. The zero-order valence-corrected chi connectivity index (χ0v) is 49.1. The molecular weight excluding hydrogens is 1030 g/mol. The van der Waals surface area contributed by atoms with Gasteiger partial charge in [0.2, 0.25) is 5.91 Å². The summed E-state index contributed by atoms with van der Waals surface area (Å²) < 4.78 is 34.2. The summed E-state index contributed by atoms with van der Waals surface area (Å²) in [6.07, 6.45) is 20.3. The minimum Gasteiger partial charge on any atom is -0.394 e. The molecule has 3 aliphatic heterocycles. The number of allylic oxidation sites excluding steroid dienone is 3. The maximum atomic E-state index is 13.3. The lowest BCUT2D eigenvalue weighted by atomic mass is 9.96. The minimum atomic E-state index is -1.98. The number of amides is 1. The molecule has 0 aromatic rings. The first kappa shape index (κ1) is 72.5. The van der Waals surface area contributed by atoms with E-state index < -0.39 is 124 Å². The molecule has 0 radical (unpaired) electrons. The Hall–Kier alpha value is -1.73. The molecule has 1 amide bonds. The van der Waals surface area contributed by atoms with Gasteiger partial charge in [0.1, 0.15) is 73.2 Å². The van der Waals surface area contributed by atoms with E-state index in [9.17, 15) is 61.0 Å². The van der Waals surface area contributed by atoms with Crippen molar-refractivity contribution in [3.05, 3.63) is 24.3 Å². The molecule has 0 bridgehead atoms. The van der Waals surface area contributed by atoms with E-state index in [-0.39, 0.29) is 18.9 Å². The lowest BCUT2D eigenvalue weighted by molar-refractivity contribution is -0.379. The average Bonchev–Trinajstić information content (AvgIpc) is 3.45. The van der Waals surface area contributed by atoms with Crippen LogP contribution in [0.15, 0.2) is 24.3 Å². The quantitative estimate of drug-likeness (QED) is 0.0234. The van der Waals surface area contributed by atoms with Crippen LogP contribution >= 0.6 is 0 Å². The molecule has 470 valence electrons. The van der Waals surface area contributed by atoms with Crippen molar-refractivity contribution in [2.45, 2.75) is 330 Å². The molecule has 19 heteroatoms. The molecule has 0 spiro atoms. The fourth-order valence-corrected chi connectivity index (χ4v) is 10.8. The fraction of sp³-hybridized carbons (Fsp3) is 0.918. The topological polar surface area (TPSA) is 307 Å². The van der Waals surface area contributed by atoms with Gasteiger partial charge in [-0.25, -0.2) is 0 Å². The number of rotatable bonds is 47. The number of nitrogens with one attached hydrogen (secondary N) is 1. The van der Waals surface area contributed by atoms with Crippen molar-refractivity contribution in [3.63, 3.8) is 0 Å². The van der Waals surface area contributed by atoms with Crippen molar-refractivity contribution < 1.29 is 89.4 Å². The minimum absolute atomic E-state index is 0.240. The second-order valence-corrected chi connectivity index (χ2v) is 22.9. The van der Waals surface area contributed by atoms with Gasteiger partial charge < -0.3 is 89.9 Å². The molecular formula is C61H113NO18. The highest BCUT2D eigenvalue weighted by atomic mass is 16.8. The number of unbranched alkanes of at least 4 members (excludes halogenated alkanes) is 29. The van der Waals surface area contributed by atoms with Gasteiger partial charge in [-0.05, 0) is 32.1 Å². The first-order valence-electron chi connectivity index (χ1n) is 31.6. The highest BCUT2D eigenvalue weighted by Gasteiger charge is 2.53. The number of hydrogen-bond donors (Lipinski definition) is 12. The van der Waals surface area contributed by atoms with Crippen LogP contribution in [-0.4, -0.2) is 193 Å². The Kier molecular flexibility index (Phi) is 40.5. The van der Waals surface area contributed by atoms with Crippen molar-refractivity contribution in [1.29, 1.82) is 0 Å². The van der Waals surface area contributed by atoms with Gasteiger partial charge in [0.05, 0.1) is 38.6 Å². The zero-order chi connectivity index (χ0) is 58.3. The van der Waals surface area contributed by atoms with Crippen LogP contribution in [0, 0.1) is 0 Å². The monoisotopic (exact) mass is 1150 g/mol. The third-order valence-electron chi connectivity index (χ3n) is 16.0. The molecule has 0 aliphatic carbocycles. The molecule has 0 aromatic carbocycles. The Morgan fingerprint density at radius 2 is 0.800 bits per heavy atom. The number of ether oxygens (including phenoxy) is 6. The highest BCUT2D eigenvalue weighted by molar-refractivity contribution is 5.76. The standard InChI is InChI=1S/C61H113NO18/c1-3-5-7-9-11-13-15-17-18-19-20-21-22-23-24-25-26-27-29-31-33-35-37-39-49(67)62-44(45(66)38-36-34-32-30-28-16-14-12-10-8-6-4-2)43-75-59-55(73)52(70)57(47(41-64)77-59)80-61-56(74)53(71)58(48(42-65)78-61)79-60-54(72)51(69)50(68)46(40-63)76-60/h28,30,36,38,44-48,50-61,63-66,68-74H,3-27,29,31-35,37,39-43H2,1-2H3,(H,62,67)/b30-28+,38-36+. The van der Waals surface area contributed by atoms with Gasteiger partial charge in [-0.1, -0.05) is 212 Å². The van der Waals surface area contributed by atoms with E-state index >= 15 is 0 Å². The van der Waals surface area contributed by atoms with Gasteiger partial charge in [0.25, 0.3) is 0 Å². The molecule has 3 heterocycles. The maximum Gasteiger partial charge on any atom is 0.220 e. The molecule has 17 unspecified atom stereocenters.